The van der Waals surface area contributed by atoms with Gasteiger partial charge >= 0.3 is 0 Å². The first-order valence-corrected chi connectivity index (χ1v) is 8.17. The Morgan fingerprint density at radius 1 is 0.905 bits per heavy atom. The predicted molar refractivity (Wildman–Crippen MR) is 83.5 cm³/mol. The number of nitrogens with zero attached hydrogens (tertiary/aromatic N) is 1. The minimum Gasteiger partial charge on any atom is -0.294 e. The third kappa shape index (κ3) is 2.26. The normalized spacial score (nSPS) is 40.5. The van der Waals surface area contributed by atoms with E-state index in [0.29, 0.717) is 6.42 Å². The van der Waals surface area contributed by atoms with E-state index in [0.717, 1.165) is 37.7 Å². The second-order valence-electron chi connectivity index (χ2n) is 9.80. The minimum absolute atomic E-state index is 0.0596. The Kier molecular flexibility index (Phi) is 2.82. The van der Waals surface area contributed by atoms with Crippen LogP contribution in [-0.4, -0.2) is 5.78 Å². The molecule has 0 spiro atoms. The zero-order chi connectivity index (χ0) is 15.7. The predicted octanol–water partition coefficient (Wildman–Crippen LogP) is 4.80. The van der Waals surface area contributed by atoms with Gasteiger partial charge in [-0.2, -0.15) is 5.26 Å². The molecule has 3 rings (SSSR count). The van der Waals surface area contributed by atoms with Crippen LogP contribution in [0.25, 0.3) is 0 Å². The molecule has 0 heterocycles. The monoisotopic (exact) mass is 285 g/mol. The van der Waals surface area contributed by atoms with E-state index in [9.17, 15) is 10.1 Å². The summed E-state index contributed by atoms with van der Waals surface area (Å²) < 4.78 is 0. The lowest BCUT2D eigenvalue weighted by Gasteiger charge is -2.56. The van der Waals surface area contributed by atoms with Crippen LogP contribution < -0.4 is 0 Å². The summed E-state index contributed by atoms with van der Waals surface area (Å²) in [5.74, 6) is 0.252. The van der Waals surface area contributed by atoms with Crippen LogP contribution in [0.5, 0.6) is 0 Å². The van der Waals surface area contributed by atoms with Gasteiger partial charge in [0.2, 0.25) is 0 Å². The number of Topliss-reactive ketones (excluding diaryl/α,β-unsaturated/α-hetero) is 1. The fourth-order valence-corrected chi connectivity index (χ4v) is 6.05. The molecule has 0 aromatic rings. The molecule has 2 atom stereocenters. The second-order valence-corrected chi connectivity index (χ2v) is 9.80. The Labute approximate surface area is 128 Å². The zero-order valence-corrected chi connectivity index (χ0v) is 14.1. The number of hydrogen-bond acceptors (Lipinski definition) is 2. The third-order valence-electron chi connectivity index (χ3n) is 5.71. The molecule has 3 aliphatic rings. The molecule has 1 fully saturated rings. The highest BCUT2D eigenvalue weighted by Crippen LogP contribution is 2.64. The van der Waals surface area contributed by atoms with Gasteiger partial charge in [0.05, 0.1) is 11.5 Å². The quantitative estimate of drug-likeness (QED) is 0.641. The number of nitriles is 1. The Bertz CT molecular complexity index is 589. The highest BCUT2D eigenvalue weighted by Gasteiger charge is 2.58. The average Bonchev–Trinajstić information content (AvgIpc) is 2.21. The van der Waals surface area contributed by atoms with Crippen LogP contribution in [0.1, 0.15) is 73.1 Å². The van der Waals surface area contributed by atoms with Crippen LogP contribution in [0.4, 0.5) is 0 Å². The Morgan fingerprint density at radius 3 is 2.19 bits per heavy atom. The molecular weight excluding hydrogens is 258 g/mol. The fourth-order valence-electron chi connectivity index (χ4n) is 6.05. The minimum atomic E-state index is -0.516. The van der Waals surface area contributed by atoms with Gasteiger partial charge in [-0.15, -0.1) is 0 Å². The van der Waals surface area contributed by atoms with Gasteiger partial charge in [-0.1, -0.05) is 40.2 Å². The van der Waals surface area contributed by atoms with Crippen molar-refractivity contribution in [2.75, 3.05) is 0 Å². The van der Waals surface area contributed by atoms with Gasteiger partial charge in [0.25, 0.3) is 0 Å². The van der Waals surface area contributed by atoms with Crippen LogP contribution in [0.15, 0.2) is 11.1 Å². The molecule has 0 amide bonds. The SMILES string of the molecule is CC1(C)CC(=O)C2=C(C1)C[C@@]1(C)CC(C)(C)C[C@@]2(C#N)C1. The van der Waals surface area contributed by atoms with E-state index in [2.05, 4.69) is 40.7 Å². The lowest BCUT2D eigenvalue weighted by atomic mass is 9.46. The van der Waals surface area contributed by atoms with Crippen molar-refractivity contribution in [1.29, 1.82) is 5.26 Å². The number of allylic oxidation sites excluding steroid dienone is 2. The number of ketones is 1. The third-order valence-corrected chi connectivity index (χ3v) is 5.71. The largest absolute Gasteiger partial charge is 0.294 e. The lowest BCUT2D eigenvalue weighted by molar-refractivity contribution is -0.120. The molecule has 21 heavy (non-hydrogen) atoms. The van der Waals surface area contributed by atoms with E-state index in [1.807, 2.05) is 0 Å². The second kappa shape index (κ2) is 4.00. The molecule has 0 aliphatic heterocycles. The molecule has 0 saturated heterocycles. The van der Waals surface area contributed by atoms with E-state index in [1.165, 1.54) is 5.57 Å². The van der Waals surface area contributed by atoms with Crippen LogP contribution in [-0.2, 0) is 4.79 Å². The van der Waals surface area contributed by atoms with Crippen molar-refractivity contribution >= 4 is 5.78 Å². The van der Waals surface area contributed by atoms with Gasteiger partial charge in [-0.25, -0.2) is 0 Å². The summed E-state index contributed by atoms with van der Waals surface area (Å²) in [6.07, 6.45) is 5.50. The molecule has 0 aromatic heterocycles. The van der Waals surface area contributed by atoms with E-state index in [1.54, 1.807) is 0 Å². The van der Waals surface area contributed by atoms with Crippen molar-refractivity contribution in [3.63, 3.8) is 0 Å². The molecule has 1 saturated carbocycles. The Morgan fingerprint density at radius 2 is 1.57 bits per heavy atom. The number of rotatable bonds is 0. The molecule has 2 heteroatoms. The molecule has 2 nitrogen and oxygen atoms in total. The molecule has 0 radical (unpaired) electrons. The van der Waals surface area contributed by atoms with Crippen LogP contribution in [0, 0.1) is 33.0 Å². The topological polar surface area (TPSA) is 40.9 Å². The molecule has 2 bridgehead atoms. The summed E-state index contributed by atoms with van der Waals surface area (Å²) in [7, 11) is 0. The van der Waals surface area contributed by atoms with Crippen LogP contribution in [0.3, 0.4) is 0 Å². The summed E-state index contributed by atoms with van der Waals surface area (Å²) >= 11 is 0. The number of carbonyl (C=O) groups is 1. The zero-order valence-electron chi connectivity index (χ0n) is 14.1. The summed E-state index contributed by atoms with van der Waals surface area (Å²) in [6.45, 7) is 11.2. The van der Waals surface area contributed by atoms with Crippen molar-refractivity contribution in [2.24, 2.45) is 21.7 Å². The number of fused-ring (bicyclic) bond motifs is 3. The van der Waals surface area contributed by atoms with Crippen molar-refractivity contribution < 1.29 is 4.79 Å². The van der Waals surface area contributed by atoms with Gasteiger partial charge in [0.1, 0.15) is 0 Å². The standard InChI is InChI=1S/C19H27NO/c1-16(2)6-13-7-18(5)9-17(3,4)10-19(11-18,12-20)15(13)14(21)8-16/h6-11H2,1-5H3/t18-,19-/m0/s1. The van der Waals surface area contributed by atoms with Gasteiger partial charge in [0, 0.05) is 12.0 Å². The smallest absolute Gasteiger partial charge is 0.160 e. The molecule has 114 valence electrons. The van der Waals surface area contributed by atoms with E-state index >= 15 is 0 Å². The maximum atomic E-state index is 12.8. The summed E-state index contributed by atoms with van der Waals surface area (Å²) in [4.78, 5) is 12.8. The van der Waals surface area contributed by atoms with Gasteiger partial charge in [0.15, 0.2) is 5.78 Å². The van der Waals surface area contributed by atoms with E-state index < -0.39 is 5.41 Å². The molecule has 0 N–H and O–H groups in total. The number of carbonyl (C=O) groups excluding carboxylic acids is 1. The van der Waals surface area contributed by atoms with E-state index in [-0.39, 0.29) is 22.0 Å². The first kappa shape index (κ1) is 14.8. The number of hydrogen-bond donors (Lipinski definition) is 0. The molecule has 0 aromatic carbocycles. The maximum Gasteiger partial charge on any atom is 0.160 e. The summed E-state index contributed by atoms with van der Waals surface area (Å²) in [6, 6.07) is 2.61. The Balaban J connectivity index is 2.18. The lowest BCUT2D eigenvalue weighted by Crippen LogP contribution is -2.50. The molecule has 0 unspecified atom stereocenters. The van der Waals surface area contributed by atoms with Gasteiger partial charge < -0.3 is 0 Å². The fraction of sp³-hybridized carbons (Fsp3) is 0.789. The van der Waals surface area contributed by atoms with Gasteiger partial charge in [-0.3, -0.25) is 4.79 Å². The van der Waals surface area contributed by atoms with Crippen molar-refractivity contribution in [3.05, 3.63) is 11.1 Å². The molecular formula is C19H27NO. The molecule has 3 aliphatic carbocycles. The van der Waals surface area contributed by atoms with Crippen LogP contribution in [0.2, 0.25) is 0 Å². The maximum absolute atomic E-state index is 12.8. The summed E-state index contributed by atoms with van der Waals surface area (Å²) in [5, 5.41) is 9.99. The summed E-state index contributed by atoms with van der Waals surface area (Å²) in [5.41, 5.74) is 2.11. The van der Waals surface area contributed by atoms with Crippen molar-refractivity contribution in [3.8, 4) is 6.07 Å². The van der Waals surface area contributed by atoms with Gasteiger partial charge in [-0.05, 0) is 48.3 Å². The average molecular weight is 285 g/mol. The van der Waals surface area contributed by atoms with Crippen molar-refractivity contribution in [2.45, 2.75) is 73.1 Å². The van der Waals surface area contributed by atoms with Crippen molar-refractivity contribution in [1.82, 2.24) is 0 Å². The Hall–Kier alpha value is -1.10. The highest BCUT2D eigenvalue weighted by atomic mass is 16.1. The van der Waals surface area contributed by atoms with Crippen LogP contribution >= 0.6 is 0 Å². The highest BCUT2D eigenvalue weighted by molar-refractivity contribution is 5.99. The first-order valence-electron chi connectivity index (χ1n) is 8.17. The first-order chi connectivity index (χ1) is 9.50. The van der Waals surface area contributed by atoms with E-state index in [4.69, 9.17) is 0 Å².